The molecule has 0 atom stereocenters. The molecule has 5 heteroatoms. The van der Waals surface area contributed by atoms with Crippen molar-refractivity contribution in [2.75, 3.05) is 11.9 Å². The molecular formula is C12H16N2O2S. The summed E-state index contributed by atoms with van der Waals surface area (Å²) in [7, 11) is 0. The molecule has 2 N–H and O–H groups in total. The first kappa shape index (κ1) is 13.4. The van der Waals surface area contributed by atoms with Gasteiger partial charge in [-0.3, -0.25) is 4.79 Å². The van der Waals surface area contributed by atoms with E-state index in [0.29, 0.717) is 18.1 Å². The van der Waals surface area contributed by atoms with Crippen LogP contribution < -0.4 is 15.4 Å². The van der Waals surface area contributed by atoms with Gasteiger partial charge in [-0.2, -0.15) is 0 Å². The van der Waals surface area contributed by atoms with Crippen LogP contribution in [0.4, 0.5) is 5.69 Å². The Hall–Kier alpha value is -1.62. The van der Waals surface area contributed by atoms with Crippen LogP contribution >= 0.6 is 12.2 Å². The molecule has 17 heavy (non-hydrogen) atoms. The molecule has 92 valence electrons. The second-order valence-corrected chi connectivity index (χ2v) is 3.72. The van der Waals surface area contributed by atoms with Gasteiger partial charge in [0.05, 0.1) is 6.61 Å². The lowest BCUT2D eigenvalue weighted by Gasteiger charge is -2.10. The van der Waals surface area contributed by atoms with Crippen molar-refractivity contribution in [1.29, 1.82) is 0 Å². The summed E-state index contributed by atoms with van der Waals surface area (Å²) in [6.07, 6.45) is 0.404. The van der Waals surface area contributed by atoms with E-state index in [-0.39, 0.29) is 5.91 Å². The monoisotopic (exact) mass is 252 g/mol. The SMILES string of the molecule is CCOc1cccc(NC(=S)NC(=O)CC)c1. The molecule has 0 radical (unpaired) electrons. The smallest absolute Gasteiger partial charge is 0.225 e. The first-order chi connectivity index (χ1) is 8.15. The number of hydrogen-bond acceptors (Lipinski definition) is 3. The van der Waals surface area contributed by atoms with Gasteiger partial charge in [0.1, 0.15) is 5.75 Å². The van der Waals surface area contributed by atoms with Gasteiger partial charge in [0.25, 0.3) is 0 Å². The summed E-state index contributed by atoms with van der Waals surface area (Å²) >= 11 is 5.00. The van der Waals surface area contributed by atoms with Crippen molar-refractivity contribution < 1.29 is 9.53 Å². The largest absolute Gasteiger partial charge is 0.494 e. The highest BCUT2D eigenvalue weighted by Crippen LogP contribution is 2.17. The number of carbonyl (C=O) groups is 1. The van der Waals surface area contributed by atoms with E-state index in [9.17, 15) is 4.79 Å². The predicted octanol–water partition coefficient (Wildman–Crippen LogP) is 2.31. The fraction of sp³-hybridized carbons (Fsp3) is 0.333. The molecular weight excluding hydrogens is 236 g/mol. The van der Waals surface area contributed by atoms with Crippen LogP contribution in [0.2, 0.25) is 0 Å². The Morgan fingerprint density at radius 1 is 1.41 bits per heavy atom. The summed E-state index contributed by atoms with van der Waals surface area (Å²) in [6.45, 7) is 4.31. The number of hydrogen-bond donors (Lipinski definition) is 2. The van der Waals surface area contributed by atoms with Gasteiger partial charge in [0.2, 0.25) is 5.91 Å². The Morgan fingerprint density at radius 2 is 2.18 bits per heavy atom. The van der Waals surface area contributed by atoms with E-state index in [1.807, 2.05) is 31.2 Å². The van der Waals surface area contributed by atoms with Crippen LogP contribution in [0.1, 0.15) is 20.3 Å². The predicted molar refractivity (Wildman–Crippen MR) is 72.3 cm³/mol. The molecule has 0 saturated heterocycles. The van der Waals surface area contributed by atoms with Crippen LogP contribution in [0.25, 0.3) is 0 Å². The minimum absolute atomic E-state index is 0.108. The average molecular weight is 252 g/mol. The van der Waals surface area contributed by atoms with E-state index in [2.05, 4.69) is 10.6 Å². The number of ether oxygens (including phenoxy) is 1. The third-order valence-electron chi connectivity index (χ3n) is 1.98. The topological polar surface area (TPSA) is 50.4 Å². The Morgan fingerprint density at radius 3 is 2.82 bits per heavy atom. The van der Waals surface area contributed by atoms with Gasteiger partial charge in [0.15, 0.2) is 5.11 Å². The van der Waals surface area contributed by atoms with E-state index in [0.717, 1.165) is 11.4 Å². The lowest BCUT2D eigenvalue weighted by atomic mass is 10.3. The summed E-state index contributed by atoms with van der Waals surface area (Å²) < 4.78 is 5.36. The zero-order chi connectivity index (χ0) is 12.7. The van der Waals surface area contributed by atoms with Crippen LogP contribution in [0, 0.1) is 0 Å². The zero-order valence-corrected chi connectivity index (χ0v) is 10.8. The first-order valence-electron chi connectivity index (χ1n) is 5.49. The van der Waals surface area contributed by atoms with Gasteiger partial charge in [-0.15, -0.1) is 0 Å². The third-order valence-corrected chi connectivity index (χ3v) is 2.18. The van der Waals surface area contributed by atoms with Gasteiger partial charge in [-0.25, -0.2) is 0 Å². The standard InChI is InChI=1S/C12H16N2O2S/c1-3-11(15)14-12(17)13-9-6-5-7-10(8-9)16-4-2/h5-8H,3-4H2,1-2H3,(H2,13,14,15,17). The molecule has 0 heterocycles. The molecule has 0 aliphatic heterocycles. The summed E-state index contributed by atoms with van der Waals surface area (Å²) in [5.41, 5.74) is 0.789. The van der Waals surface area contributed by atoms with E-state index >= 15 is 0 Å². The first-order valence-corrected chi connectivity index (χ1v) is 5.90. The normalized spacial score (nSPS) is 9.53. The number of carbonyl (C=O) groups excluding carboxylic acids is 1. The van der Waals surface area contributed by atoms with Crippen LogP contribution in [0.15, 0.2) is 24.3 Å². The quantitative estimate of drug-likeness (QED) is 0.807. The summed E-state index contributed by atoms with van der Waals surface area (Å²) in [4.78, 5) is 11.1. The minimum Gasteiger partial charge on any atom is -0.494 e. The highest BCUT2D eigenvalue weighted by Gasteiger charge is 2.02. The second kappa shape index (κ2) is 6.85. The van der Waals surface area contributed by atoms with Gasteiger partial charge < -0.3 is 15.4 Å². The van der Waals surface area contributed by atoms with E-state index < -0.39 is 0 Å². The Kier molecular flexibility index (Phi) is 5.42. The number of benzene rings is 1. The van der Waals surface area contributed by atoms with Crippen LogP contribution in [0.3, 0.4) is 0 Å². The number of amides is 1. The van der Waals surface area contributed by atoms with Crippen molar-refractivity contribution in [2.45, 2.75) is 20.3 Å². The van der Waals surface area contributed by atoms with Crippen molar-refractivity contribution >= 4 is 28.9 Å². The van der Waals surface area contributed by atoms with E-state index in [4.69, 9.17) is 17.0 Å². The van der Waals surface area contributed by atoms with Crippen molar-refractivity contribution in [3.8, 4) is 5.75 Å². The van der Waals surface area contributed by atoms with Gasteiger partial charge >= 0.3 is 0 Å². The molecule has 0 aliphatic carbocycles. The molecule has 1 amide bonds. The molecule has 1 rings (SSSR count). The number of thiocarbonyl (C=S) groups is 1. The third kappa shape index (κ3) is 4.82. The van der Waals surface area contributed by atoms with Gasteiger partial charge in [-0.05, 0) is 31.3 Å². The maximum Gasteiger partial charge on any atom is 0.225 e. The molecule has 0 aromatic heterocycles. The molecule has 0 fully saturated rings. The van der Waals surface area contributed by atoms with Crippen LogP contribution in [-0.2, 0) is 4.79 Å². The fourth-order valence-electron chi connectivity index (χ4n) is 1.21. The highest BCUT2D eigenvalue weighted by atomic mass is 32.1. The van der Waals surface area contributed by atoms with Crippen molar-refractivity contribution in [1.82, 2.24) is 5.32 Å². The number of anilines is 1. The average Bonchev–Trinajstić information content (AvgIpc) is 2.29. The summed E-state index contributed by atoms with van der Waals surface area (Å²) in [6, 6.07) is 7.40. The molecule has 0 saturated carbocycles. The molecule has 0 bridgehead atoms. The minimum atomic E-state index is -0.108. The van der Waals surface area contributed by atoms with E-state index in [1.165, 1.54) is 0 Å². The lowest BCUT2D eigenvalue weighted by Crippen LogP contribution is -2.33. The van der Waals surface area contributed by atoms with Crippen molar-refractivity contribution in [3.63, 3.8) is 0 Å². The summed E-state index contributed by atoms with van der Waals surface area (Å²) in [5.74, 6) is 0.658. The molecule has 0 unspecified atom stereocenters. The Labute approximate surface area is 106 Å². The Balaban J connectivity index is 2.58. The van der Waals surface area contributed by atoms with Gasteiger partial charge in [-0.1, -0.05) is 13.0 Å². The number of nitrogens with one attached hydrogen (secondary N) is 2. The van der Waals surface area contributed by atoms with E-state index in [1.54, 1.807) is 6.92 Å². The maximum absolute atomic E-state index is 11.1. The molecule has 1 aromatic carbocycles. The number of rotatable bonds is 4. The Bertz CT molecular complexity index is 407. The lowest BCUT2D eigenvalue weighted by molar-refractivity contribution is -0.119. The fourth-order valence-corrected chi connectivity index (χ4v) is 1.44. The highest BCUT2D eigenvalue weighted by molar-refractivity contribution is 7.80. The second-order valence-electron chi connectivity index (χ2n) is 3.32. The zero-order valence-electron chi connectivity index (χ0n) is 9.95. The van der Waals surface area contributed by atoms with Crippen LogP contribution in [0.5, 0.6) is 5.75 Å². The van der Waals surface area contributed by atoms with Crippen molar-refractivity contribution in [2.24, 2.45) is 0 Å². The maximum atomic E-state index is 11.1. The molecule has 0 aliphatic rings. The van der Waals surface area contributed by atoms with Crippen LogP contribution in [-0.4, -0.2) is 17.6 Å². The molecule has 0 spiro atoms. The molecule has 1 aromatic rings. The van der Waals surface area contributed by atoms with Gasteiger partial charge in [0, 0.05) is 18.2 Å². The summed E-state index contributed by atoms with van der Waals surface area (Å²) in [5, 5.41) is 5.79. The molecule has 4 nitrogen and oxygen atoms in total. The van der Waals surface area contributed by atoms with Crippen molar-refractivity contribution in [3.05, 3.63) is 24.3 Å².